The van der Waals surface area contributed by atoms with E-state index in [1.807, 2.05) is 72.8 Å². The van der Waals surface area contributed by atoms with Crippen molar-refractivity contribution in [2.45, 2.75) is 12.0 Å². The van der Waals surface area contributed by atoms with Gasteiger partial charge < -0.3 is 5.11 Å². The van der Waals surface area contributed by atoms with Crippen LogP contribution < -0.4 is 0 Å². The molecule has 0 bridgehead atoms. The number of halogens is 1. The first-order chi connectivity index (χ1) is 10.7. The fraction of sp³-hybridized carbons (Fsp3) is 0.105. The normalized spacial score (nSPS) is 13.5. The molecule has 0 saturated carbocycles. The van der Waals surface area contributed by atoms with E-state index in [-0.39, 0.29) is 0 Å². The van der Waals surface area contributed by atoms with Crippen LogP contribution in [0.3, 0.4) is 0 Å². The highest BCUT2D eigenvalue weighted by Crippen LogP contribution is 2.32. The van der Waals surface area contributed by atoms with Gasteiger partial charge in [-0.2, -0.15) is 0 Å². The summed E-state index contributed by atoms with van der Waals surface area (Å²) < 4.78 is 0. The monoisotopic (exact) mass is 309 g/mol. The number of pyridine rings is 1. The van der Waals surface area contributed by atoms with E-state index in [1.165, 1.54) is 0 Å². The van der Waals surface area contributed by atoms with Gasteiger partial charge in [-0.15, -0.1) is 0 Å². The molecule has 0 radical (unpaired) electrons. The topological polar surface area (TPSA) is 33.1 Å². The quantitative estimate of drug-likeness (QED) is 0.783. The first-order valence-corrected chi connectivity index (χ1v) is 7.50. The average Bonchev–Trinajstić information content (AvgIpc) is 2.58. The molecule has 0 fully saturated rings. The lowest BCUT2D eigenvalue weighted by atomic mass is 9.84. The van der Waals surface area contributed by atoms with Crippen molar-refractivity contribution < 1.29 is 5.11 Å². The molecule has 2 aromatic carbocycles. The minimum atomic E-state index is -1.17. The van der Waals surface area contributed by atoms with E-state index in [4.69, 9.17) is 11.6 Å². The van der Waals surface area contributed by atoms with Gasteiger partial charge in [0.1, 0.15) is 5.60 Å². The molecule has 1 atom stereocenters. The maximum Gasteiger partial charge on any atom is 0.135 e. The van der Waals surface area contributed by atoms with Crippen LogP contribution in [0.2, 0.25) is 5.02 Å². The number of benzene rings is 2. The Morgan fingerprint density at radius 2 is 1.55 bits per heavy atom. The summed E-state index contributed by atoms with van der Waals surface area (Å²) in [6.07, 6.45) is 2.14. The van der Waals surface area contributed by atoms with E-state index in [0.29, 0.717) is 17.1 Å². The summed E-state index contributed by atoms with van der Waals surface area (Å²) in [5.41, 5.74) is 1.29. The third-order valence-electron chi connectivity index (χ3n) is 3.71. The molecule has 1 N–H and O–H groups in total. The van der Waals surface area contributed by atoms with Crippen LogP contribution in [0.5, 0.6) is 0 Å². The molecule has 1 unspecified atom stereocenters. The van der Waals surface area contributed by atoms with Gasteiger partial charge in [-0.25, -0.2) is 0 Å². The highest BCUT2D eigenvalue weighted by atomic mass is 35.5. The molecular formula is C19H16ClNO. The highest BCUT2D eigenvalue weighted by molar-refractivity contribution is 6.30. The Bertz CT molecular complexity index is 687. The first kappa shape index (κ1) is 14.8. The van der Waals surface area contributed by atoms with Crippen LogP contribution in [0.1, 0.15) is 16.8 Å². The second-order valence-electron chi connectivity index (χ2n) is 5.24. The summed E-state index contributed by atoms with van der Waals surface area (Å²) >= 11 is 5.94. The van der Waals surface area contributed by atoms with Crippen LogP contribution >= 0.6 is 11.6 Å². The van der Waals surface area contributed by atoms with Gasteiger partial charge in [-0.05, 0) is 35.4 Å². The molecule has 0 spiro atoms. The molecular weight excluding hydrogens is 294 g/mol. The average molecular weight is 310 g/mol. The molecule has 0 aliphatic carbocycles. The molecule has 0 aliphatic rings. The number of aliphatic hydroxyl groups is 1. The minimum absolute atomic E-state index is 0.436. The molecule has 1 heterocycles. The molecule has 3 heteroatoms. The Balaban J connectivity index is 2.05. The Morgan fingerprint density at radius 3 is 2.18 bits per heavy atom. The Labute approximate surface area is 135 Å². The lowest BCUT2D eigenvalue weighted by Gasteiger charge is -2.28. The Kier molecular flexibility index (Phi) is 4.23. The molecule has 110 valence electrons. The van der Waals surface area contributed by atoms with Gasteiger partial charge in [-0.1, -0.05) is 60.1 Å². The number of rotatable bonds is 4. The third-order valence-corrected chi connectivity index (χ3v) is 3.97. The van der Waals surface area contributed by atoms with Gasteiger partial charge in [0.05, 0.1) is 5.69 Å². The number of hydrogen-bond acceptors (Lipinski definition) is 2. The van der Waals surface area contributed by atoms with Crippen molar-refractivity contribution in [2.75, 3.05) is 0 Å². The summed E-state index contributed by atoms with van der Waals surface area (Å²) in [7, 11) is 0. The van der Waals surface area contributed by atoms with Gasteiger partial charge in [0.25, 0.3) is 0 Å². The van der Waals surface area contributed by atoms with E-state index >= 15 is 0 Å². The minimum Gasteiger partial charge on any atom is -0.378 e. The number of hydrogen-bond donors (Lipinski definition) is 1. The fourth-order valence-corrected chi connectivity index (χ4v) is 2.69. The Hall–Kier alpha value is -2.16. The standard InChI is InChI=1S/C19H16ClNO/c20-17-11-9-15(10-12-17)14-19(22,16-6-2-1-3-7-16)18-8-4-5-13-21-18/h1-13,22H,14H2. The molecule has 0 saturated heterocycles. The largest absolute Gasteiger partial charge is 0.378 e. The zero-order valence-electron chi connectivity index (χ0n) is 12.0. The molecule has 2 nitrogen and oxygen atoms in total. The van der Waals surface area contributed by atoms with Crippen molar-refractivity contribution in [1.82, 2.24) is 4.98 Å². The number of nitrogens with zero attached hydrogens (tertiary/aromatic N) is 1. The van der Waals surface area contributed by atoms with Crippen molar-refractivity contribution in [3.05, 3.63) is 101 Å². The smallest absolute Gasteiger partial charge is 0.135 e. The van der Waals surface area contributed by atoms with Gasteiger partial charge in [0.15, 0.2) is 0 Å². The van der Waals surface area contributed by atoms with E-state index in [9.17, 15) is 5.11 Å². The SMILES string of the molecule is OC(Cc1ccc(Cl)cc1)(c1ccccc1)c1ccccn1. The maximum absolute atomic E-state index is 11.4. The van der Waals surface area contributed by atoms with Gasteiger partial charge in [0.2, 0.25) is 0 Å². The van der Waals surface area contributed by atoms with Gasteiger partial charge in [-0.3, -0.25) is 4.98 Å². The van der Waals surface area contributed by atoms with E-state index in [0.717, 1.165) is 11.1 Å². The van der Waals surface area contributed by atoms with Gasteiger partial charge >= 0.3 is 0 Å². The highest BCUT2D eigenvalue weighted by Gasteiger charge is 2.33. The third kappa shape index (κ3) is 3.03. The Morgan fingerprint density at radius 1 is 0.864 bits per heavy atom. The van der Waals surface area contributed by atoms with Crippen molar-refractivity contribution in [2.24, 2.45) is 0 Å². The molecule has 3 rings (SSSR count). The van der Waals surface area contributed by atoms with Crippen molar-refractivity contribution in [3.8, 4) is 0 Å². The summed E-state index contributed by atoms with van der Waals surface area (Å²) in [5, 5.41) is 12.1. The summed E-state index contributed by atoms with van der Waals surface area (Å²) in [5.74, 6) is 0. The lowest BCUT2D eigenvalue weighted by molar-refractivity contribution is 0.0765. The summed E-state index contributed by atoms with van der Waals surface area (Å²) in [6, 6.07) is 22.7. The van der Waals surface area contributed by atoms with Crippen LogP contribution in [0.25, 0.3) is 0 Å². The second-order valence-corrected chi connectivity index (χ2v) is 5.68. The van der Waals surface area contributed by atoms with Crippen LogP contribution in [-0.4, -0.2) is 10.1 Å². The summed E-state index contributed by atoms with van der Waals surface area (Å²) in [6.45, 7) is 0. The van der Waals surface area contributed by atoms with Crippen molar-refractivity contribution in [1.29, 1.82) is 0 Å². The van der Waals surface area contributed by atoms with Crippen molar-refractivity contribution in [3.63, 3.8) is 0 Å². The lowest BCUT2D eigenvalue weighted by Crippen LogP contribution is -2.31. The van der Waals surface area contributed by atoms with E-state index < -0.39 is 5.60 Å². The second kappa shape index (κ2) is 6.30. The van der Waals surface area contributed by atoms with Crippen LogP contribution in [0.4, 0.5) is 0 Å². The van der Waals surface area contributed by atoms with Crippen LogP contribution in [0.15, 0.2) is 79.0 Å². The molecule has 3 aromatic rings. The molecule has 0 aliphatic heterocycles. The predicted octanol–water partition coefficient (Wildman–Crippen LogP) is 4.21. The fourth-order valence-electron chi connectivity index (χ4n) is 2.56. The van der Waals surface area contributed by atoms with E-state index in [2.05, 4.69) is 4.98 Å². The number of aromatic nitrogens is 1. The summed E-state index contributed by atoms with van der Waals surface area (Å²) in [4.78, 5) is 4.36. The van der Waals surface area contributed by atoms with Crippen LogP contribution in [-0.2, 0) is 12.0 Å². The van der Waals surface area contributed by atoms with Gasteiger partial charge in [0, 0.05) is 17.6 Å². The zero-order chi connectivity index (χ0) is 15.4. The molecule has 22 heavy (non-hydrogen) atoms. The zero-order valence-corrected chi connectivity index (χ0v) is 12.7. The van der Waals surface area contributed by atoms with E-state index in [1.54, 1.807) is 6.20 Å². The predicted molar refractivity (Wildman–Crippen MR) is 88.8 cm³/mol. The maximum atomic E-state index is 11.4. The molecule has 0 amide bonds. The molecule has 1 aromatic heterocycles. The van der Waals surface area contributed by atoms with Crippen molar-refractivity contribution >= 4 is 11.6 Å². The van der Waals surface area contributed by atoms with Crippen LogP contribution in [0, 0.1) is 0 Å². The first-order valence-electron chi connectivity index (χ1n) is 7.12.